The zero-order chi connectivity index (χ0) is 24.4. The number of aromatic nitrogens is 2. The van der Waals surface area contributed by atoms with Crippen LogP contribution >= 0.6 is 11.6 Å². The molecule has 4 aromatic rings. The molecule has 0 spiro atoms. The minimum Gasteiger partial charge on any atom is -0.481 e. The highest BCUT2D eigenvalue weighted by molar-refractivity contribution is 6.48. The van der Waals surface area contributed by atoms with Crippen molar-refractivity contribution in [2.45, 2.75) is 13.5 Å². The van der Waals surface area contributed by atoms with Crippen LogP contribution in [0.2, 0.25) is 5.02 Å². The summed E-state index contributed by atoms with van der Waals surface area (Å²) in [4.78, 5) is 32.4. The van der Waals surface area contributed by atoms with Crippen molar-refractivity contribution in [3.63, 3.8) is 0 Å². The van der Waals surface area contributed by atoms with E-state index in [2.05, 4.69) is 10.3 Å². The number of Topliss-reactive ketones (excluding diaryl/α,β-unsaturated/α-hetero) is 1. The van der Waals surface area contributed by atoms with E-state index in [-0.39, 0.29) is 0 Å². The van der Waals surface area contributed by atoms with Crippen molar-refractivity contribution in [2.24, 2.45) is 0 Å². The molecule has 0 aliphatic heterocycles. The molecule has 2 aromatic carbocycles. The Morgan fingerprint density at radius 1 is 1.09 bits per heavy atom. The smallest absolute Gasteiger partial charge is 0.296 e. The lowest BCUT2D eigenvalue weighted by Crippen LogP contribution is -2.23. The average Bonchev–Trinajstić information content (AvgIpc) is 3.10. The van der Waals surface area contributed by atoms with Gasteiger partial charge in [0.15, 0.2) is 0 Å². The van der Waals surface area contributed by atoms with Crippen LogP contribution in [-0.4, -0.2) is 42.4 Å². The first-order chi connectivity index (χ1) is 16.3. The summed E-state index contributed by atoms with van der Waals surface area (Å²) in [6.45, 7) is 2.40. The van der Waals surface area contributed by atoms with Gasteiger partial charge < -0.3 is 19.5 Å². The Morgan fingerprint density at radius 3 is 2.50 bits per heavy atom. The summed E-state index contributed by atoms with van der Waals surface area (Å²) in [6, 6.07) is 16.7. The molecule has 0 fully saturated rings. The maximum Gasteiger partial charge on any atom is 0.296 e. The Labute approximate surface area is 202 Å². The Hall–Kier alpha value is -3.84. The standard InChI is InChI=1S/C26H25ClN4O3/c1-16-24(25(32)26(33)29-19-11-12-28-23(13-19)34-4)21-14-20(30(2)3)9-10-22(21)31(16)15-17-5-7-18(27)8-6-17/h5-14H,15H2,1-4H3,(H,28,29,33). The summed E-state index contributed by atoms with van der Waals surface area (Å²) in [5.41, 5.74) is 4.37. The molecule has 0 aliphatic carbocycles. The van der Waals surface area contributed by atoms with E-state index < -0.39 is 11.7 Å². The maximum atomic E-state index is 13.4. The number of benzene rings is 2. The molecule has 2 aromatic heterocycles. The van der Waals surface area contributed by atoms with Gasteiger partial charge in [0.05, 0.1) is 12.7 Å². The number of carbonyl (C=O) groups is 2. The van der Waals surface area contributed by atoms with Gasteiger partial charge in [-0.25, -0.2) is 4.98 Å². The van der Waals surface area contributed by atoms with Gasteiger partial charge in [0, 0.05) is 65.9 Å². The zero-order valence-electron chi connectivity index (χ0n) is 19.4. The van der Waals surface area contributed by atoms with Crippen molar-refractivity contribution in [3.05, 3.63) is 82.6 Å². The second-order valence-corrected chi connectivity index (χ2v) is 8.58. The van der Waals surface area contributed by atoms with Crippen LogP contribution in [0.5, 0.6) is 5.88 Å². The molecular formula is C26H25ClN4O3. The molecule has 34 heavy (non-hydrogen) atoms. The molecule has 1 amide bonds. The van der Waals surface area contributed by atoms with E-state index in [1.165, 1.54) is 13.3 Å². The minimum absolute atomic E-state index is 0.344. The zero-order valence-corrected chi connectivity index (χ0v) is 20.2. The summed E-state index contributed by atoms with van der Waals surface area (Å²) >= 11 is 6.04. The molecule has 8 heteroatoms. The Morgan fingerprint density at radius 2 is 1.82 bits per heavy atom. The van der Waals surface area contributed by atoms with Crippen molar-refractivity contribution in [2.75, 3.05) is 31.4 Å². The van der Waals surface area contributed by atoms with Crippen LogP contribution in [0.1, 0.15) is 21.6 Å². The fourth-order valence-corrected chi connectivity index (χ4v) is 4.04. The van der Waals surface area contributed by atoms with Crippen LogP contribution in [0.3, 0.4) is 0 Å². The topological polar surface area (TPSA) is 76.5 Å². The number of carbonyl (C=O) groups excluding carboxylic acids is 2. The number of rotatable bonds is 7. The molecule has 7 nitrogen and oxygen atoms in total. The molecule has 0 saturated carbocycles. The van der Waals surface area contributed by atoms with Crippen molar-refractivity contribution >= 4 is 45.6 Å². The van der Waals surface area contributed by atoms with Gasteiger partial charge in [0.1, 0.15) is 0 Å². The lowest BCUT2D eigenvalue weighted by atomic mass is 10.1. The molecule has 0 saturated heterocycles. The van der Waals surface area contributed by atoms with Crippen LogP contribution in [0, 0.1) is 6.92 Å². The van der Waals surface area contributed by atoms with Gasteiger partial charge in [-0.3, -0.25) is 9.59 Å². The summed E-state index contributed by atoms with van der Waals surface area (Å²) in [5.74, 6) is -0.988. The van der Waals surface area contributed by atoms with Crippen molar-refractivity contribution in [1.82, 2.24) is 9.55 Å². The van der Waals surface area contributed by atoms with Gasteiger partial charge >= 0.3 is 0 Å². The highest BCUT2D eigenvalue weighted by Gasteiger charge is 2.26. The number of nitrogens with one attached hydrogen (secondary N) is 1. The average molecular weight is 477 g/mol. The van der Waals surface area contributed by atoms with E-state index >= 15 is 0 Å². The van der Waals surface area contributed by atoms with E-state index in [4.69, 9.17) is 16.3 Å². The molecule has 0 unspecified atom stereocenters. The Balaban J connectivity index is 1.77. The molecular weight excluding hydrogens is 452 g/mol. The number of fused-ring (bicyclic) bond motifs is 1. The van der Waals surface area contributed by atoms with E-state index in [0.717, 1.165) is 22.2 Å². The predicted octanol–water partition coefficient (Wildman–Crippen LogP) is 4.94. The number of halogens is 1. The van der Waals surface area contributed by atoms with E-state index in [1.54, 1.807) is 12.1 Å². The lowest BCUT2D eigenvalue weighted by Gasteiger charge is -2.13. The number of amides is 1. The fourth-order valence-electron chi connectivity index (χ4n) is 3.91. The van der Waals surface area contributed by atoms with Crippen LogP contribution in [-0.2, 0) is 11.3 Å². The van der Waals surface area contributed by atoms with Crippen LogP contribution in [0.4, 0.5) is 11.4 Å². The largest absolute Gasteiger partial charge is 0.481 e. The third-order valence-corrected chi connectivity index (χ3v) is 5.96. The molecule has 0 radical (unpaired) electrons. The van der Waals surface area contributed by atoms with Crippen LogP contribution in [0.15, 0.2) is 60.8 Å². The fraction of sp³-hybridized carbons (Fsp3) is 0.192. The molecule has 2 heterocycles. The second-order valence-electron chi connectivity index (χ2n) is 8.14. The monoisotopic (exact) mass is 476 g/mol. The van der Waals surface area contributed by atoms with Gasteiger partial charge in [-0.1, -0.05) is 23.7 Å². The van der Waals surface area contributed by atoms with Gasteiger partial charge in [-0.15, -0.1) is 0 Å². The molecule has 0 atom stereocenters. The highest BCUT2D eigenvalue weighted by atomic mass is 35.5. The van der Waals surface area contributed by atoms with Crippen molar-refractivity contribution < 1.29 is 14.3 Å². The number of methoxy groups -OCH3 is 1. The number of ether oxygens (including phenoxy) is 1. The summed E-state index contributed by atoms with van der Waals surface area (Å²) < 4.78 is 7.15. The third kappa shape index (κ3) is 4.61. The number of hydrogen-bond acceptors (Lipinski definition) is 5. The maximum absolute atomic E-state index is 13.4. The SMILES string of the molecule is COc1cc(NC(=O)C(=O)c2c(C)n(Cc3ccc(Cl)cc3)c3ccc(N(C)C)cc23)ccn1. The highest BCUT2D eigenvalue weighted by Crippen LogP contribution is 2.31. The molecule has 174 valence electrons. The lowest BCUT2D eigenvalue weighted by molar-refractivity contribution is -0.112. The Kier molecular flexibility index (Phi) is 6.56. The summed E-state index contributed by atoms with van der Waals surface area (Å²) in [6.07, 6.45) is 1.51. The molecule has 0 aliphatic rings. The quantitative estimate of drug-likeness (QED) is 0.302. The first-order valence-corrected chi connectivity index (χ1v) is 11.1. The van der Waals surface area contributed by atoms with Gasteiger partial charge in [0.25, 0.3) is 11.7 Å². The first-order valence-electron chi connectivity index (χ1n) is 10.7. The van der Waals surface area contributed by atoms with Crippen molar-refractivity contribution in [1.29, 1.82) is 0 Å². The third-order valence-electron chi connectivity index (χ3n) is 5.71. The van der Waals surface area contributed by atoms with E-state index in [1.807, 2.05) is 73.0 Å². The minimum atomic E-state index is -0.725. The second kappa shape index (κ2) is 9.57. The summed E-state index contributed by atoms with van der Waals surface area (Å²) in [5, 5.41) is 4.05. The van der Waals surface area contributed by atoms with E-state index in [0.29, 0.717) is 34.4 Å². The normalized spacial score (nSPS) is 10.9. The first kappa shape index (κ1) is 23.3. The number of hydrogen-bond donors (Lipinski definition) is 1. The van der Waals surface area contributed by atoms with Gasteiger partial charge in [-0.2, -0.15) is 0 Å². The molecule has 1 N–H and O–H groups in total. The Bertz CT molecular complexity index is 1380. The molecule has 4 rings (SSSR count). The van der Waals surface area contributed by atoms with Crippen LogP contribution in [0.25, 0.3) is 10.9 Å². The number of ketones is 1. The van der Waals surface area contributed by atoms with Crippen LogP contribution < -0.4 is 15.0 Å². The van der Waals surface area contributed by atoms with Gasteiger partial charge in [-0.05, 0) is 48.9 Å². The number of anilines is 2. The number of pyridine rings is 1. The van der Waals surface area contributed by atoms with E-state index in [9.17, 15) is 9.59 Å². The summed E-state index contributed by atoms with van der Waals surface area (Å²) in [7, 11) is 5.35. The number of nitrogens with zero attached hydrogens (tertiary/aromatic N) is 3. The predicted molar refractivity (Wildman–Crippen MR) is 135 cm³/mol. The van der Waals surface area contributed by atoms with Crippen molar-refractivity contribution in [3.8, 4) is 5.88 Å². The molecule has 0 bridgehead atoms. The van der Waals surface area contributed by atoms with Gasteiger partial charge in [0.2, 0.25) is 5.88 Å².